The lowest BCUT2D eigenvalue weighted by atomic mass is 9.82. The Hall–Kier alpha value is -0.120. The predicted molar refractivity (Wildman–Crippen MR) is 59.3 cm³/mol. The van der Waals surface area contributed by atoms with E-state index in [-0.39, 0.29) is 5.41 Å². The Balaban J connectivity index is 2.42. The highest BCUT2D eigenvalue weighted by Gasteiger charge is 2.32. The Morgan fingerprint density at radius 2 is 2.29 bits per heavy atom. The van der Waals surface area contributed by atoms with Gasteiger partial charge in [-0.1, -0.05) is 6.92 Å². The normalized spacial score (nSPS) is 28.3. The minimum Gasteiger partial charge on any atom is -0.381 e. The third kappa shape index (κ3) is 3.23. The maximum Gasteiger partial charge on any atom is 0.0546 e. The van der Waals surface area contributed by atoms with Crippen LogP contribution in [0.2, 0.25) is 0 Å². The van der Waals surface area contributed by atoms with Gasteiger partial charge in [-0.3, -0.25) is 0 Å². The molecule has 1 fully saturated rings. The average Bonchev–Trinajstić information content (AvgIpc) is 2.19. The van der Waals surface area contributed by atoms with Gasteiger partial charge in [0.2, 0.25) is 0 Å². The lowest BCUT2D eigenvalue weighted by Gasteiger charge is -2.38. The summed E-state index contributed by atoms with van der Waals surface area (Å²) in [5.74, 6) is 0. The highest BCUT2D eigenvalue weighted by atomic mass is 16.5. The van der Waals surface area contributed by atoms with E-state index >= 15 is 0 Å². The van der Waals surface area contributed by atoms with E-state index in [0.29, 0.717) is 0 Å². The van der Waals surface area contributed by atoms with Gasteiger partial charge in [0.1, 0.15) is 0 Å². The van der Waals surface area contributed by atoms with Crippen LogP contribution in [0.15, 0.2) is 0 Å². The number of nitrogens with two attached hydrogens (primary N) is 1. The molecular formula is C11H24N2O. The molecule has 0 radical (unpaired) electrons. The van der Waals surface area contributed by atoms with Gasteiger partial charge in [0.15, 0.2) is 0 Å². The van der Waals surface area contributed by atoms with Crippen LogP contribution in [0.4, 0.5) is 0 Å². The van der Waals surface area contributed by atoms with Gasteiger partial charge in [0.25, 0.3) is 0 Å². The molecule has 0 bridgehead atoms. The van der Waals surface area contributed by atoms with Crippen LogP contribution in [0.25, 0.3) is 0 Å². The Morgan fingerprint density at radius 3 is 2.79 bits per heavy atom. The first kappa shape index (κ1) is 12.0. The molecule has 0 aromatic carbocycles. The first-order valence-electron chi connectivity index (χ1n) is 5.69. The minimum absolute atomic E-state index is 0.224. The summed E-state index contributed by atoms with van der Waals surface area (Å²) < 4.78 is 5.55. The van der Waals surface area contributed by atoms with Gasteiger partial charge in [0, 0.05) is 25.1 Å². The van der Waals surface area contributed by atoms with Crippen molar-refractivity contribution < 1.29 is 4.74 Å². The second-order valence-electron chi connectivity index (χ2n) is 4.60. The lowest BCUT2D eigenvalue weighted by Crippen LogP contribution is -2.46. The van der Waals surface area contributed by atoms with Crippen molar-refractivity contribution in [2.45, 2.75) is 26.2 Å². The van der Waals surface area contributed by atoms with E-state index in [2.05, 4.69) is 18.9 Å². The van der Waals surface area contributed by atoms with Crippen LogP contribution in [-0.4, -0.2) is 44.8 Å². The molecule has 1 atom stereocenters. The number of rotatable bonds is 5. The smallest absolute Gasteiger partial charge is 0.0546 e. The summed E-state index contributed by atoms with van der Waals surface area (Å²) in [6, 6.07) is 0. The van der Waals surface area contributed by atoms with Gasteiger partial charge < -0.3 is 15.4 Å². The van der Waals surface area contributed by atoms with Gasteiger partial charge in [-0.2, -0.15) is 0 Å². The van der Waals surface area contributed by atoms with Crippen LogP contribution in [0.5, 0.6) is 0 Å². The molecular weight excluding hydrogens is 176 g/mol. The van der Waals surface area contributed by atoms with Crippen LogP contribution >= 0.6 is 0 Å². The van der Waals surface area contributed by atoms with Crippen molar-refractivity contribution in [1.29, 1.82) is 0 Å². The molecule has 0 spiro atoms. The Kier molecular flexibility index (Phi) is 4.85. The number of hydrogen-bond acceptors (Lipinski definition) is 3. The van der Waals surface area contributed by atoms with E-state index in [1.54, 1.807) is 0 Å². The van der Waals surface area contributed by atoms with E-state index in [4.69, 9.17) is 10.5 Å². The van der Waals surface area contributed by atoms with Crippen molar-refractivity contribution in [2.24, 2.45) is 11.1 Å². The molecule has 0 aromatic rings. The number of nitrogens with zero attached hydrogens (tertiary/aromatic N) is 1. The molecule has 0 aliphatic carbocycles. The van der Waals surface area contributed by atoms with Gasteiger partial charge >= 0.3 is 0 Å². The Bertz CT molecular complexity index is 155. The monoisotopic (exact) mass is 200 g/mol. The van der Waals surface area contributed by atoms with Crippen LogP contribution in [-0.2, 0) is 4.74 Å². The molecule has 1 heterocycles. The van der Waals surface area contributed by atoms with Crippen molar-refractivity contribution in [3.63, 3.8) is 0 Å². The molecule has 84 valence electrons. The maximum absolute atomic E-state index is 5.88. The first-order chi connectivity index (χ1) is 6.72. The molecule has 1 aliphatic rings. The van der Waals surface area contributed by atoms with Gasteiger partial charge in [-0.25, -0.2) is 0 Å². The summed E-state index contributed by atoms with van der Waals surface area (Å²) in [5.41, 5.74) is 6.10. The topological polar surface area (TPSA) is 38.5 Å². The zero-order chi connectivity index (χ0) is 10.4. The van der Waals surface area contributed by atoms with Crippen LogP contribution < -0.4 is 5.73 Å². The van der Waals surface area contributed by atoms with Crippen LogP contribution in [0.1, 0.15) is 26.2 Å². The molecule has 1 saturated heterocycles. The second-order valence-corrected chi connectivity index (χ2v) is 4.60. The minimum atomic E-state index is 0.224. The predicted octanol–water partition coefficient (Wildman–Crippen LogP) is 1.08. The summed E-state index contributed by atoms with van der Waals surface area (Å²) >= 11 is 0. The van der Waals surface area contributed by atoms with E-state index in [1.807, 2.05) is 0 Å². The van der Waals surface area contributed by atoms with Crippen LogP contribution in [0.3, 0.4) is 0 Å². The van der Waals surface area contributed by atoms with Gasteiger partial charge in [-0.15, -0.1) is 0 Å². The number of ether oxygens (including phenoxy) is 1. The highest BCUT2D eigenvalue weighted by molar-refractivity contribution is 4.85. The summed E-state index contributed by atoms with van der Waals surface area (Å²) in [6.07, 6.45) is 3.59. The van der Waals surface area contributed by atoms with Crippen molar-refractivity contribution in [3.05, 3.63) is 0 Å². The molecule has 14 heavy (non-hydrogen) atoms. The van der Waals surface area contributed by atoms with Gasteiger partial charge in [0.05, 0.1) is 6.61 Å². The quantitative estimate of drug-likeness (QED) is 0.722. The average molecular weight is 200 g/mol. The first-order valence-corrected chi connectivity index (χ1v) is 5.69. The fourth-order valence-electron chi connectivity index (χ4n) is 2.29. The largest absolute Gasteiger partial charge is 0.381 e. The maximum atomic E-state index is 5.88. The van der Waals surface area contributed by atoms with E-state index < -0.39 is 0 Å². The van der Waals surface area contributed by atoms with E-state index in [0.717, 1.165) is 39.3 Å². The molecule has 3 nitrogen and oxygen atoms in total. The molecule has 0 aromatic heterocycles. The summed E-state index contributed by atoms with van der Waals surface area (Å²) in [7, 11) is 2.18. The van der Waals surface area contributed by atoms with E-state index in [1.165, 1.54) is 12.8 Å². The fraction of sp³-hybridized carbons (Fsp3) is 1.00. The molecule has 0 amide bonds. The molecule has 0 saturated carbocycles. The van der Waals surface area contributed by atoms with Gasteiger partial charge in [-0.05, 0) is 32.9 Å². The van der Waals surface area contributed by atoms with Crippen molar-refractivity contribution >= 4 is 0 Å². The third-order valence-electron chi connectivity index (χ3n) is 3.05. The summed E-state index contributed by atoms with van der Waals surface area (Å²) in [4.78, 5) is 2.38. The summed E-state index contributed by atoms with van der Waals surface area (Å²) in [5, 5.41) is 0. The second kappa shape index (κ2) is 5.69. The molecule has 3 heteroatoms. The van der Waals surface area contributed by atoms with Crippen molar-refractivity contribution in [2.75, 3.05) is 39.9 Å². The standard InChI is InChI=1S/C11H24N2O/c1-3-6-13(2)9-11(8-12)5-4-7-14-10-11/h3-10,12H2,1-2H3. The zero-order valence-corrected chi connectivity index (χ0v) is 9.59. The van der Waals surface area contributed by atoms with Crippen LogP contribution in [0, 0.1) is 5.41 Å². The fourth-order valence-corrected chi connectivity index (χ4v) is 2.29. The Labute approximate surface area is 87.6 Å². The Morgan fingerprint density at radius 1 is 1.50 bits per heavy atom. The number of hydrogen-bond donors (Lipinski definition) is 1. The highest BCUT2D eigenvalue weighted by Crippen LogP contribution is 2.28. The molecule has 1 rings (SSSR count). The SMILES string of the molecule is CCCN(C)CC1(CN)CCCOC1. The molecule has 1 unspecified atom stereocenters. The van der Waals surface area contributed by atoms with Crippen molar-refractivity contribution in [3.8, 4) is 0 Å². The lowest BCUT2D eigenvalue weighted by molar-refractivity contribution is -0.0181. The van der Waals surface area contributed by atoms with E-state index in [9.17, 15) is 0 Å². The zero-order valence-electron chi connectivity index (χ0n) is 9.59. The molecule has 1 aliphatic heterocycles. The molecule has 2 N–H and O–H groups in total. The summed E-state index contributed by atoms with van der Waals surface area (Å²) in [6.45, 7) is 6.96. The van der Waals surface area contributed by atoms with Crippen molar-refractivity contribution in [1.82, 2.24) is 4.90 Å². The third-order valence-corrected chi connectivity index (χ3v) is 3.05.